The first-order chi connectivity index (χ1) is 6.25. The molecular formula is C9H14N2O2. The molecule has 2 rings (SSSR count). The summed E-state index contributed by atoms with van der Waals surface area (Å²) in [6.45, 7) is 3.74. The summed E-state index contributed by atoms with van der Waals surface area (Å²) >= 11 is 0. The molecule has 72 valence electrons. The highest BCUT2D eigenvalue weighted by Crippen LogP contribution is 2.16. The summed E-state index contributed by atoms with van der Waals surface area (Å²) < 4.78 is 10.3. The summed E-state index contributed by atoms with van der Waals surface area (Å²) in [5.41, 5.74) is 0. The van der Waals surface area contributed by atoms with Crippen molar-refractivity contribution in [2.45, 2.75) is 19.4 Å². The molecule has 0 aromatic carbocycles. The lowest BCUT2D eigenvalue weighted by molar-refractivity contribution is 0.0735. The monoisotopic (exact) mass is 182 g/mol. The van der Waals surface area contributed by atoms with Crippen LogP contribution in [0.5, 0.6) is 5.88 Å². The minimum Gasteiger partial charge on any atom is -0.474 e. The van der Waals surface area contributed by atoms with Gasteiger partial charge in [0.2, 0.25) is 0 Å². The second-order valence-electron chi connectivity index (χ2n) is 3.51. The first-order valence-corrected chi connectivity index (χ1v) is 4.52. The van der Waals surface area contributed by atoms with Gasteiger partial charge in [-0.15, -0.1) is 0 Å². The highest BCUT2D eigenvalue weighted by Gasteiger charge is 2.24. The minimum absolute atomic E-state index is 0.553. The van der Waals surface area contributed by atoms with E-state index in [4.69, 9.17) is 9.26 Å². The van der Waals surface area contributed by atoms with Gasteiger partial charge in [0, 0.05) is 12.1 Å². The van der Waals surface area contributed by atoms with Gasteiger partial charge in [0.15, 0.2) is 0 Å². The molecule has 4 nitrogen and oxygen atoms in total. The quantitative estimate of drug-likeness (QED) is 0.700. The van der Waals surface area contributed by atoms with E-state index in [1.807, 2.05) is 6.92 Å². The van der Waals surface area contributed by atoms with Crippen molar-refractivity contribution >= 4 is 0 Å². The van der Waals surface area contributed by atoms with E-state index in [1.54, 1.807) is 6.07 Å². The molecule has 13 heavy (non-hydrogen) atoms. The highest BCUT2D eigenvalue weighted by molar-refractivity contribution is 5.09. The SMILES string of the molecule is Cc1cc(OC[C@H]2CCN2C)no1. The van der Waals surface area contributed by atoms with Gasteiger partial charge in [0.1, 0.15) is 12.4 Å². The van der Waals surface area contributed by atoms with Crippen LogP contribution in [0.2, 0.25) is 0 Å². The van der Waals surface area contributed by atoms with Gasteiger partial charge >= 0.3 is 0 Å². The fourth-order valence-electron chi connectivity index (χ4n) is 1.37. The molecule has 1 atom stereocenters. The molecule has 4 heteroatoms. The van der Waals surface area contributed by atoms with Crippen molar-refractivity contribution in [3.8, 4) is 5.88 Å². The molecule has 0 unspecified atom stereocenters. The molecule has 1 aliphatic heterocycles. The van der Waals surface area contributed by atoms with E-state index in [2.05, 4.69) is 17.1 Å². The van der Waals surface area contributed by atoms with Gasteiger partial charge in [-0.25, -0.2) is 0 Å². The number of likely N-dealkylation sites (tertiary alicyclic amines) is 1. The van der Waals surface area contributed by atoms with Crippen LogP contribution in [-0.4, -0.2) is 36.3 Å². The van der Waals surface area contributed by atoms with Gasteiger partial charge in [0.25, 0.3) is 5.88 Å². The first-order valence-electron chi connectivity index (χ1n) is 4.52. The van der Waals surface area contributed by atoms with Crippen LogP contribution < -0.4 is 4.74 Å². The molecule has 1 aromatic rings. The molecule has 0 radical (unpaired) electrons. The van der Waals surface area contributed by atoms with Crippen LogP contribution in [0.25, 0.3) is 0 Å². The van der Waals surface area contributed by atoms with Crippen molar-refractivity contribution in [3.05, 3.63) is 11.8 Å². The predicted octanol–water partition coefficient (Wildman–Crippen LogP) is 1.07. The number of rotatable bonds is 3. The predicted molar refractivity (Wildman–Crippen MR) is 47.8 cm³/mol. The van der Waals surface area contributed by atoms with Crippen LogP contribution in [0, 0.1) is 6.92 Å². The summed E-state index contributed by atoms with van der Waals surface area (Å²) in [5, 5.41) is 3.76. The lowest BCUT2D eigenvalue weighted by Gasteiger charge is -2.37. The van der Waals surface area contributed by atoms with Crippen molar-refractivity contribution in [1.29, 1.82) is 0 Å². The maximum absolute atomic E-state index is 5.45. The number of hydrogen-bond donors (Lipinski definition) is 0. The Labute approximate surface area is 77.5 Å². The third-order valence-electron chi connectivity index (χ3n) is 2.47. The maximum atomic E-state index is 5.45. The average molecular weight is 182 g/mol. The molecule has 1 aromatic heterocycles. The third-order valence-corrected chi connectivity index (χ3v) is 2.47. The van der Waals surface area contributed by atoms with E-state index in [0.29, 0.717) is 18.5 Å². The fourth-order valence-corrected chi connectivity index (χ4v) is 1.37. The van der Waals surface area contributed by atoms with Gasteiger partial charge in [-0.1, -0.05) is 0 Å². The number of aryl methyl sites for hydroxylation is 1. The van der Waals surface area contributed by atoms with Crippen LogP contribution in [0.4, 0.5) is 0 Å². The van der Waals surface area contributed by atoms with Crippen molar-refractivity contribution < 1.29 is 9.26 Å². The zero-order valence-corrected chi connectivity index (χ0v) is 7.99. The number of ether oxygens (including phenoxy) is 1. The smallest absolute Gasteiger partial charge is 0.254 e. The molecule has 0 N–H and O–H groups in total. The van der Waals surface area contributed by atoms with Gasteiger partial charge in [0.05, 0.1) is 0 Å². The standard InChI is InChI=1S/C9H14N2O2/c1-7-5-9(10-13-7)12-6-8-3-4-11(8)2/h5,8H,3-4,6H2,1-2H3/t8-/m1/s1. The molecule has 0 bridgehead atoms. The highest BCUT2D eigenvalue weighted by atomic mass is 16.5. The molecular weight excluding hydrogens is 168 g/mol. The van der Waals surface area contributed by atoms with Crippen molar-refractivity contribution in [2.24, 2.45) is 0 Å². The lowest BCUT2D eigenvalue weighted by atomic mass is 10.1. The first kappa shape index (κ1) is 8.56. The largest absolute Gasteiger partial charge is 0.474 e. The Morgan fingerprint density at radius 1 is 1.77 bits per heavy atom. The van der Waals surface area contributed by atoms with E-state index in [1.165, 1.54) is 13.0 Å². The van der Waals surface area contributed by atoms with Crippen molar-refractivity contribution in [2.75, 3.05) is 20.2 Å². The summed E-state index contributed by atoms with van der Waals surface area (Å²) in [6.07, 6.45) is 1.22. The Morgan fingerprint density at radius 3 is 3.08 bits per heavy atom. The molecule has 0 aliphatic carbocycles. The van der Waals surface area contributed by atoms with Crippen LogP contribution in [0.3, 0.4) is 0 Å². The molecule has 2 heterocycles. The summed E-state index contributed by atoms with van der Waals surface area (Å²) in [4.78, 5) is 2.27. The van der Waals surface area contributed by atoms with Gasteiger partial charge < -0.3 is 9.26 Å². The molecule has 0 spiro atoms. The third kappa shape index (κ3) is 1.83. The maximum Gasteiger partial charge on any atom is 0.254 e. The van der Waals surface area contributed by atoms with Crippen LogP contribution in [0.15, 0.2) is 10.6 Å². The molecule has 1 aliphatic rings. The second kappa shape index (κ2) is 3.38. The van der Waals surface area contributed by atoms with E-state index >= 15 is 0 Å². The Kier molecular flexibility index (Phi) is 2.22. The molecule has 1 fully saturated rings. The van der Waals surface area contributed by atoms with Crippen molar-refractivity contribution in [1.82, 2.24) is 10.1 Å². The van der Waals surface area contributed by atoms with E-state index < -0.39 is 0 Å². The number of nitrogens with zero attached hydrogens (tertiary/aromatic N) is 2. The second-order valence-corrected chi connectivity index (χ2v) is 3.51. The van der Waals surface area contributed by atoms with E-state index in [-0.39, 0.29) is 0 Å². The lowest BCUT2D eigenvalue weighted by Crippen LogP contribution is -2.48. The Morgan fingerprint density at radius 2 is 2.62 bits per heavy atom. The summed E-state index contributed by atoms with van der Waals surface area (Å²) in [5.74, 6) is 1.38. The van der Waals surface area contributed by atoms with Crippen LogP contribution in [-0.2, 0) is 0 Å². The topological polar surface area (TPSA) is 38.5 Å². The molecule has 0 amide bonds. The number of likely N-dealkylation sites (N-methyl/N-ethyl adjacent to an activating group) is 1. The Balaban J connectivity index is 1.79. The fraction of sp³-hybridized carbons (Fsp3) is 0.667. The number of hydrogen-bond acceptors (Lipinski definition) is 4. The zero-order chi connectivity index (χ0) is 9.26. The molecule has 0 saturated carbocycles. The Hall–Kier alpha value is -1.03. The van der Waals surface area contributed by atoms with Gasteiger partial charge in [-0.3, -0.25) is 4.90 Å². The van der Waals surface area contributed by atoms with Crippen LogP contribution >= 0.6 is 0 Å². The molecule has 1 saturated heterocycles. The van der Waals surface area contributed by atoms with Crippen molar-refractivity contribution in [3.63, 3.8) is 0 Å². The van der Waals surface area contributed by atoms with Crippen LogP contribution in [0.1, 0.15) is 12.2 Å². The summed E-state index contributed by atoms with van der Waals surface area (Å²) in [6, 6.07) is 2.36. The zero-order valence-electron chi connectivity index (χ0n) is 7.99. The van der Waals surface area contributed by atoms with Gasteiger partial charge in [-0.2, -0.15) is 0 Å². The van der Waals surface area contributed by atoms with E-state index in [0.717, 1.165) is 5.76 Å². The average Bonchev–Trinajstić information content (AvgIpc) is 2.49. The van der Waals surface area contributed by atoms with E-state index in [9.17, 15) is 0 Å². The number of aromatic nitrogens is 1. The normalized spacial score (nSPS) is 22.8. The van der Waals surface area contributed by atoms with Gasteiger partial charge in [-0.05, 0) is 32.1 Å². The minimum atomic E-state index is 0.553. The summed E-state index contributed by atoms with van der Waals surface area (Å²) in [7, 11) is 2.10. The Bertz CT molecular complexity index is 285.